The van der Waals surface area contributed by atoms with Crippen molar-refractivity contribution in [2.45, 2.75) is 38.6 Å². The number of carbonyl (C=O) groups is 3. The molecule has 0 bridgehead atoms. The molecule has 7 nitrogen and oxygen atoms in total. The zero-order valence-electron chi connectivity index (χ0n) is 11.6. The number of carboxylic acid groups (broad SMARTS) is 1. The molecule has 1 heterocycles. The molecule has 20 heavy (non-hydrogen) atoms. The molecule has 2 rings (SSSR count). The summed E-state index contributed by atoms with van der Waals surface area (Å²) in [5.74, 6) is -1.26. The quantitative estimate of drug-likeness (QED) is 0.720. The van der Waals surface area contributed by atoms with Gasteiger partial charge in [-0.2, -0.15) is 0 Å². The molecule has 1 unspecified atom stereocenters. The Morgan fingerprint density at radius 2 is 2.10 bits per heavy atom. The van der Waals surface area contributed by atoms with E-state index in [4.69, 9.17) is 9.84 Å². The van der Waals surface area contributed by atoms with Crippen molar-refractivity contribution in [2.24, 2.45) is 5.41 Å². The zero-order valence-corrected chi connectivity index (χ0v) is 11.6. The first-order valence-electron chi connectivity index (χ1n) is 6.95. The number of hydrogen-bond donors (Lipinski definition) is 2. The van der Waals surface area contributed by atoms with Crippen LogP contribution >= 0.6 is 0 Å². The molecule has 0 aromatic carbocycles. The van der Waals surface area contributed by atoms with Crippen LogP contribution in [0, 0.1) is 5.41 Å². The number of carboxylic acids is 1. The van der Waals surface area contributed by atoms with Gasteiger partial charge in [0.15, 0.2) is 0 Å². The maximum atomic E-state index is 12.1. The Kier molecular flexibility index (Phi) is 4.15. The minimum Gasteiger partial charge on any atom is -0.481 e. The van der Waals surface area contributed by atoms with E-state index in [9.17, 15) is 14.4 Å². The summed E-state index contributed by atoms with van der Waals surface area (Å²) in [7, 11) is 0. The number of nitrogens with one attached hydrogen (secondary N) is 1. The molecular weight excluding hydrogens is 264 g/mol. The van der Waals surface area contributed by atoms with Gasteiger partial charge in [0.25, 0.3) is 0 Å². The molecule has 2 N–H and O–H groups in total. The standard InChI is InChI=1S/C13H20N2O5/c1-2-20-10(16)9-4-3-7-15(9)12(19)14-8-13(5-6-13)11(17)18/h9H,2-8H2,1H3,(H,14,19)(H,17,18). The van der Waals surface area contributed by atoms with E-state index in [1.165, 1.54) is 4.90 Å². The molecule has 2 aliphatic rings. The van der Waals surface area contributed by atoms with E-state index in [0.29, 0.717) is 25.8 Å². The van der Waals surface area contributed by atoms with Crippen LogP contribution in [0.4, 0.5) is 4.79 Å². The highest BCUT2D eigenvalue weighted by Gasteiger charge is 2.50. The number of nitrogens with zero attached hydrogens (tertiary/aromatic N) is 1. The molecule has 1 saturated heterocycles. The van der Waals surface area contributed by atoms with Crippen molar-refractivity contribution >= 4 is 18.0 Å². The fourth-order valence-corrected chi connectivity index (χ4v) is 2.46. The van der Waals surface area contributed by atoms with E-state index in [1.807, 2.05) is 0 Å². The summed E-state index contributed by atoms with van der Waals surface area (Å²) in [5, 5.41) is 11.7. The van der Waals surface area contributed by atoms with Gasteiger partial charge in [-0.05, 0) is 32.6 Å². The van der Waals surface area contributed by atoms with Crippen LogP contribution in [0.2, 0.25) is 0 Å². The molecule has 0 aromatic rings. The van der Waals surface area contributed by atoms with Gasteiger partial charge >= 0.3 is 18.0 Å². The molecule has 1 atom stereocenters. The van der Waals surface area contributed by atoms with Crippen molar-refractivity contribution in [3.05, 3.63) is 0 Å². The summed E-state index contributed by atoms with van der Waals surface area (Å²) in [4.78, 5) is 36.3. The summed E-state index contributed by atoms with van der Waals surface area (Å²) in [5.41, 5.74) is -0.797. The van der Waals surface area contributed by atoms with Crippen LogP contribution in [0.1, 0.15) is 32.6 Å². The lowest BCUT2D eigenvalue weighted by atomic mass is 10.1. The zero-order chi connectivity index (χ0) is 14.8. The van der Waals surface area contributed by atoms with E-state index in [1.54, 1.807) is 6.92 Å². The van der Waals surface area contributed by atoms with Gasteiger partial charge in [-0.15, -0.1) is 0 Å². The third kappa shape index (κ3) is 2.86. The lowest BCUT2D eigenvalue weighted by Crippen LogP contribution is -2.48. The summed E-state index contributed by atoms with van der Waals surface area (Å²) in [6.45, 7) is 2.62. The summed E-state index contributed by atoms with van der Waals surface area (Å²) >= 11 is 0. The van der Waals surface area contributed by atoms with Crippen LogP contribution in [-0.4, -0.2) is 53.7 Å². The fourth-order valence-electron chi connectivity index (χ4n) is 2.46. The Labute approximate surface area is 117 Å². The van der Waals surface area contributed by atoms with Crippen LogP contribution in [-0.2, 0) is 14.3 Å². The lowest BCUT2D eigenvalue weighted by molar-refractivity contribution is -0.147. The third-order valence-electron chi connectivity index (χ3n) is 3.96. The van der Waals surface area contributed by atoms with Crippen molar-refractivity contribution in [2.75, 3.05) is 19.7 Å². The Morgan fingerprint density at radius 3 is 2.65 bits per heavy atom. The molecule has 1 aliphatic heterocycles. The first-order chi connectivity index (χ1) is 9.50. The minimum atomic E-state index is -0.874. The first kappa shape index (κ1) is 14.6. The molecule has 1 saturated carbocycles. The summed E-state index contributed by atoms with van der Waals surface area (Å²) < 4.78 is 4.95. The molecule has 7 heteroatoms. The van der Waals surface area contributed by atoms with Crippen molar-refractivity contribution < 1.29 is 24.2 Å². The number of urea groups is 1. The van der Waals surface area contributed by atoms with Gasteiger partial charge in [-0.25, -0.2) is 9.59 Å². The van der Waals surface area contributed by atoms with E-state index in [-0.39, 0.29) is 25.2 Å². The Bertz CT molecular complexity index is 419. The van der Waals surface area contributed by atoms with Crippen LogP contribution in [0.3, 0.4) is 0 Å². The first-order valence-corrected chi connectivity index (χ1v) is 6.95. The topological polar surface area (TPSA) is 95.9 Å². The van der Waals surface area contributed by atoms with Crippen molar-refractivity contribution in [1.29, 1.82) is 0 Å². The van der Waals surface area contributed by atoms with Gasteiger partial charge < -0.3 is 20.1 Å². The van der Waals surface area contributed by atoms with E-state index in [0.717, 1.165) is 6.42 Å². The minimum absolute atomic E-state index is 0.118. The Hall–Kier alpha value is -1.79. The molecule has 2 amide bonds. The number of ether oxygens (including phenoxy) is 1. The average molecular weight is 284 g/mol. The van der Waals surface area contributed by atoms with Crippen molar-refractivity contribution in [3.8, 4) is 0 Å². The fraction of sp³-hybridized carbons (Fsp3) is 0.769. The van der Waals surface area contributed by atoms with Gasteiger partial charge in [-0.3, -0.25) is 4.79 Å². The Morgan fingerprint density at radius 1 is 1.40 bits per heavy atom. The SMILES string of the molecule is CCOC(=O)C1CCCN1C(=O)NCC1(C(=O)O)CC1. The van der Waals surface area contributed by atoms with Gasteiger partial charge in [0, 0.05) is 13.1 Å². The van der Waals surface area contributed by atoms with E-state index in [2.05, 4.69) is 5.32 Å². The van der Waals surface area contributed by atoms with Crippen LogP contribution in [0.5, 0.6) is 0 Å². The largest absolute Gasteiger partial charge is 0.481 e. The second-order valence-corrected chi connectivity index (χ2v) is 5.35. The van der Waals surface area contributed by atoms with Crippen LogP contribution in [0.15, 0.2) is 0 Å². The highest BCUT2D eigenvalue weighted by molar-refractivity contribution is 5.85. The monoisotopic (exact) mass is 284 g/mol. The number of carbonyl (C=O) groups excluding carboxylic acids is 2. The third-order valence-corrected chi connectivity index (χ3v) is 3.96. The Balaban J connectivity index is 1.88. The summed E-state index contributed by atoms with van der Waals surface area (Å²) in [6, 6.07) is -0.928. The second kappa shape index (κ2) is 5.68. The van der Waals surface area contributed by atoms with Gasteiger partial charge in [0.1, 0.15) is 6.04 Å². The normalized spacial score (nSPS) is 23.2. The number of esters is 1. The van der Waals surface area contributed by atoms with Gasteiger partial charge in [0.05, 0.1) is 12.0 Å². The van der Waals surface area contributed by atoms with Crippen LogP contribution in [0.25, 0.3) is 0 Å². The van der Waals surface area contributed by atoms with Crippen molar-refractivity contribution in [3.63, 3.8) is 0 Å². The molecule has 0 radical (unpaired) electrons. The number of hydrogen-bond acceptors (Lipinski definition) is 4. The maximum Gasteiger partial charge on any atom is 0.328 e. The van der Waals surface area contributed by atoms with Crippen LogP contribution < -0.4 is 5.32 Å². The lowest BCUT2D eigenvalue weighted by Gasteiger charge is -2.24. The molecular formula is C13H20N2O5. The van der Waals surface area contributed by atoms with Gasteiger partial charge in [-0.1, -0.05) is 0 Å². The average Bonchev–Trinajstić information content (AvgIpc) is 3.04. The molecule has 2 fully saturated rings. The predicted molar refractivity (Wildman–Crippen MR) is 69.1 cm³/mol. The molecule has 112 valence electrons. The van der Waals surface area contributed by atoms with Gasteiger partial charge in [0.2, 0.25) is 0 Å². The molecule has 0 aromatic heterocycles. The number of aliphatic carboxylic acids is 1. The molecule has 1 aliphatic carbocycles. The van der Waals surface area contributed by atoms with E-state index < -0.39 is 17.4 Å². The highest BCUT2D eigenvalue weighted by atomic mass is 16.5. The predicted octanol–water partition coefficient (Wildman–Crippen LogP) is 0.588. The maximum absolute atomic E-state index is 12.1. The number of rotatable bonds is 5. The summed E-state index contributed by atoms with van der Waals surface area (Å²) in [6.07, 6.45) is 2.52. The van der Waals surface area contributed by atoms with Crippen molar-refractivity contribution in [1.82, 2.24) is 10.2 Å². The highest BCUT2D eigenvalue weighted by Crippen LogP contribution is 2.45. The number of likely N-dealkylation sites (tertiary alicyclic amines) is 1. The van der Waals surface area contributed by atoms with E-state index >= 15 is 0 Å². The number of amides is 2. The molecule has 0 spiro atoms. The smallest absolute Gasteiger partial charge is 0.328 e. The second-order valence-electron chi connectivity index (χ2n) is 5.35.